The van der Waals surface area contributed by atoms with Crippen LogP contribution >= 0.6 is 11.6 Å². The smallest absolute Gasteiger partial charge is 0.254 e. The first-order valence-corrected chi connectivity index (χ1v) is 6.14. The van der Waals surface area contributed by atoms with Crippen LogP contribution in [0.25, 0.3) is 0 Å². The zero-order valence-electron chi connectivity index (χ0n) is 10.0. The molecule has 0 aliphatic carbocycles. The molecule has 1 heterocycles. The normalized spacial score (nSPS) is 24.8. The SMILES string of the molecule is C[C@H]1CN(C(=O)c2ccc(Cl)cc2)C[C@H](C)O1. The maximum atomic E-state index is 12.2. The number of hydrogen-bond acceptors (Lipinski definition) is 2. The fraction of sp³-hybridized carbons (Fsp3) is 0.462. The summed E-state index contributed by atoms with van der Waals surface area (Å²) in [6, 6.07) is 7.00. The monoisotopic (exact) mass is 253 g/mol. The van der Waals surface area contributed by atoms with Crippen LogP contribution in [-0.2, 0) is 4.74 Å². The highest BCUT2D eigenvalue weighted by atomic mass is 35.5. The number of hydrogen-bond donors (Lipinski definition) is 0. The summed E-state index contributed by atoms with van der Waals surface area (Å²) in [5, 5.41) is 0.644. The van der Waals surface area contributed by atoms with E-state index in [0.29, 0.717) is 23.7 Å². The minimum atomic E-state index is 0.0451. The van der Waals surface area contributed by atoms with Gasteiger partial charge in [-0.25, -0.2) is 0 Å². The third-order valence-electron chi connectivity index (χ3n) is 2.80. The lowest BCUT2D eigenvalue weighted by Gasteiger charge is -2.35. The Labute approximate surface area is 106 Å². The van der Waals surface area contributed by atoms with Crippen molar-refractivity contribution in [3.05, 3.63) is 34.9 Å². The van der Waals surface area contributed by atoms with Crippen molar-refractivity contribution in [1.82, 2.24) is 4.90 Å². The molecule has 0 spiro atoms. The topological polar surface area (TPSA) is 29.5 Å². The molecule has 4 heteroatoms. The number of ether oxygens (including phenoxy) is 1. The summed E-state index contributed by atoms with van der Waals surface area (Å²) < 4.78 is 5.61. The second kappa shape index (κ2) is 5.07. The fourth-order valence-electron chi connectivity index (χ4n) is 2.12. The summed E-state index contributed by atoms with van der Waals surface area (Å²) in [6.07, 6.45) is 0.185. The van der Waals surface area contributed by atoms with Gasteiger partial charge in [0.25, 0.3) is 5.91 Å². The minimum absolute atomic E-state index is 0.0451. The van der Waals surface area contributed by atoms with E-state index in [9.17, 15) is 4.79 Å². The summed E-state index contributed by atoms with van der Waals surface area (Å²) in [5.41, 5.74) is 0.677. The number of morpholine rings is 1. The highest BCUT2D eigenvalue weighted by Crippen LogP contribution is 2.16. The van der Waals surface area contributed by atoms with Crippen molar-refractivity contribution in [2.45, 2.75) is 26.1 Å². The molecule has 1 aromatic rings. The highest BCUT2D eigenvalue weighted by Gasteiger charge is 2.26. The Bertz CT molecular complexity index is 394. The molecular formula is C13H16ClNO2. The van der Waals surface area contributed by atoms with E-state index >= 15 is 0 Å². The average molecular weight is 254 g/mol. The molecule has 1 aromatic carbocycles. The molecule has 1 aliphatic heterocycles. The van der Waals surface area contributed by atoms with Crippen LogP contribution in [0.2, 0.25) is 5.02 Å². The van der Waals surface area contributed by atoms with Gasteiger partial charge in [0.2, 0.25) is 0 Å². The van der Waals surface area contributed by atoms with Gasteiger partial charge in [0.1, 0.15) is 0 Å². The Morgan fingerprint density at radius 1 is 1.24 bits per heavy atom. The van der Waals surface area contributed by atoms with Gasteiger partial charge in [0, 0.05) is 23.7 Å². The van der Waals surface area contributed by atoms with Crippen molar-refractivity contribution in [1.29, 1.82) is 0 Å². The lowest BCUT2D eigenvalue weighted by atomic mass is 10.1. The summed E-state index contributed by atoms with van der Waals surface area (Å²) in [7, 11) is 0. The van der Waals surface area contributed by atoms with Crippen LogP contribution in [0.1, 0.15) is 24.2 Å². The first kappa shape index (κ1) is 12.4. The van der Waals surface area contributed by atoms with Crippen LogP contribution < -0.4 is 0 Å². The molecule has 0 radical (unpaired) electrons. The van der Waals surface area contributed by atoms with Crippen LogP contribution in [0, 0.1) is 0 Å². The maximum Gasteiger partial charge on any atom is 0.254 e. The predicted molar refractivity (Wildman–Crippen MR) is 67.4 cm³/mol. The fourth-order valence-corrected chi connectivity index (χ4v) is 2.24. The number of carbonyl (C=O) groups excluding carboxylic acids is 1. The molecule has 2 rings (SSSR count). The molecule has 2 atom stereocenters. The van der Waals surface area contributed by atoms with Gasteiger partial charge in [0.05, 0.1) is 12.2 Å². The van der Waals surface area contributed by atoms with Gasteiger partial charge in [-0.3, -0.25) is 4.79 Å². The Morgan fingerprint density at radius 2 is 1.76 bits per heavy atom. The third kappa shape index (κ3) is 2.99. The van der Waals surface area contributed by atoms with Crippen LogP contribution in [-0.4, -0.2) is 36.1 Å². The van der Waals surface area contributed by atoms with Gasteiger partial charge >= 0.3 is 0 Å². The summed E-state index contributed by atoms with van der Waals surface area (Å²) in [5.74, 6) is 0.0451. The van der Waals surface area contributed by atoms with E-state index in [1.165, 1.54) is 0 Å². The van der Waals surface area contributed by atoms with Gasteiger partial charge in [-0.2, -0.15) is 0 Å². The predicted octanol–water partition coefficient (Wildman–Crippen LogP) is 2.59. The quantitative estimate of drug-likeness (QED) is 0.770. The Kier molecular flexibility index (Phi) is 3.69. The second-order valence-electron chi connectivity index (χ2n) is 4.47. The molecule has 17 heavy (non-hydrogen) atoms. The van der Waals surface area contributed by atoms with Gasteiger partial charge < -0.3 is 9.64 Å². The molecule has 0 aromatic heterocycles. The van der Waals surface area contributed by atoms with E-state index < -0.39 is 0 Å². The van der Waals surface area contributed by atoms with E-state index in [4.69, 9.17) is 16.3 Å². The molecule has 1 fully saturated rings. The van der Waals surface area contributed by atoms with Crippen molar-refractivity contribution in [3.63, 3.8) is 0 Å². The first-order chi connectivity index (χ1) is 8.06. The molecule has 0 N–H and O–H groups in total. The van der Waals surface area contributed by atoms with Crippen LogP contribution in [0.4, 0.5) is 0 Å². The van der Waals surface area contributed by atoms with E-state index in [1.54, 1.807) is 24.3 Å². The third-order valence-corrected chi connectivity index (χ3v) is 3.05. The molecule has 1 aliphatic rings. The highest BCUT2D eigenvalue weighted by molar-refractivity contribution is 6.30. The van der Waals surface area contributed by atoms with Gasteiger partial charge in [-0.15, -0.1) is 0 Å². The lowest BCUT2D eigenvalue weighted by molar-refractivity contribution is -0.0586. The van der Waals surface area contributed by atoms with Crippen molar-refractivity contribution < 1.29 is 9.53 Å². The molecule has 0 saturated carbocycles. The number of carbonyl (C=O) groups is 1. The standard InChI is InChI=1S/C13H16ClNO2/c1-9-7-15(8-10(2)17-9)13(16)11-3-5-12(14)6-4-11/h3-6,9-10H,7-8H2,1-2H3/t9-,10-/m0/s1. The molecule has 0 unspecified atom stereocenters. The Balaban J connectivity index is 2.11. The van der Waals surface area contributed by atoms with E-state index in [-0.39, 0.29) is 18.1 Å². The van der Waals surface area contributed by atoms with Gasteiger partial charge in [-0.05, 0) is 38.1 Å². The van der Waals surface area contributed by atoms with E-state index in [2.05, 4.69) is 0 Å². The number of rotatable bonds is 1. The summed E-state index contributed by atoms with van der Waals surface area (Å²) in [4.78, 5) is 14.1. The average Bonchev–Trinajstić information content (AvgIpc) is 2.28. The molecule has 92 valence electrons. The number of halogens is 1. The summed E-state index contributed by atoms with van der Waals surface area (Å²) in [6.45, 7) is 5.26. The molecule has 0 bridgehead atoms. The zero-order valence-corrected chi connectivity index (χ0v) is 10.8. The Hall–Kier alpha value is -1.06. The van der Waals surface area contributed by atoms with E-state index in [0.717, 1.165) is 0 Å². The molecule has 1 amide bonds. The Morgan fingerprint density at radius 3 is 2.29 bits per heavy atom. The van der Waals surface area contributed by atoms with Gasteiger partial charge in [-0.1, -0.05) is 11.6 Å². The van der Waals surface area contributed by atoms with Crippen molar-refractivity contribution in [2.75, 3.05) is 13.1 Å². The van der Waals surface area contributed by atoms with Crippen LogP contribution in [0.5, 0.6) is 0 Å². The van der Waals surface area contributed by atoms with Gasteiger partial charge in [0.15, 0.2) is 0 Å². The number of amides is 1. The lowest BCUT2D eigenvalue weighted by Crippen LogP contribution is -2.48. The van der Waals surface area contributed by atoms with Crippen LogP contribution in [0.15, 0.2) is 24.3 Å². The minimum Gasteiger partial charge on any atom is -0.372 e. The number of benzene rings is 1. The van der Waals surface area contributed by atoms with Crippen molar-refractivity contribution >= 4 is 17.5 Å². The van der Waals surface area contributed by atoms with E-state index in [1.807, 2.05) is 18.7 Å². The maximum absolute atomic E-state index is 12.2. The van der Waals surface area contributed by atoms with Crippen molar-refractivity contribution in [2.24, 2.45) is 0 Å². The molecular weight excluding hydrogens is 238 g/mol. The zero-order chi connectivity index (χ0) is 12.4. The van der Waals surface area contributed by atoms with Crippen LogP contribution in [0.3, 0.4) is 0 Å². The first-order valence-electron chi connectivity index (χ1n) is 5.76. The number of nitrogens with zero attached hydrogens (tertiary/aromatic N) is 1. The second-order valence-corrected chi connectivity index (χ2v) is 4.91. The summed E-state index contributed by atoms with van der Waals surface area (Å²) >= 11 is 5.80. The molecule has 3 nitrogen and oxygen atoms in total. The molecule has 1 saturated heterocycles. The van der Waals surface area contributed by atoms with Crippen molar-refractivity contribution in [3.8, 4) is 0 Å². The largest absolute Gasteiger partial charge is 0.372 e.